The second-order valence-corrected chi connectivity index (χ2v) is 4.34. The van der Waals surface area contributed by atoms with Crippen molar-refractivity contribution < 1.29 is 4.79 Å². The van der Waals surface area contributed by atoms with Gasteiger partial charge in [-0.25, -0.2) is 0 Å². The number of amides is 1. The fourth-order valence-electron chi connectivity index (χ4n) is 1.61. The number of hydrogen-bond donors (Lipinski definition) is 3. The number of halogens is 1. The molecule has 6 heteroatoms. The molecule has 0 radical (unpaired) electrons. The summed E-state index contributed by atoms with van der Waals surface area (Å²) in [6.07, 6.45) is 1.68. The minimum atomic E-state index is -0.482. The molecule has 0 aliphatic heterocycles. The third-order valence-corrected chi connectivity index (χ3v) is 2.94. The molecule has 1 heterocycles. The van der Waals surface area contributed by atoms with Gasteiger partial charge in [0.1, 0.15) is 0 Å². The van der Waals surface area contributed by atoms with Crippen molar-refractivity contribution >= 4 is 23.2 Å². The molecular formula is C12H13ClN4O. The highest BCUT2D eigenvalue weighted by atomic mass is 35.5. The van der Waals surface area contributed by atoms with Crippen molar-refractivity contribution in [3.05, 3.63) is 46.7 Å². The van der Waals surface area contributed by atoms with Crippen LogP contribution in [0.4, 0.5) is 5.69 Å². The van der Waals surface area contributed by atoms with E-state index in [2.05, 4.69) is 15.5 Å². The average molecular weight is 265 g/mol. The summed E-state index contributed by atoms with van der Waals surface area (Å²) in [4.78, 5) is 11.1. The summed E-state index contributed by atoms with van der Waals surface area (Å²) in [5, 5.41) is 10.5. The molecule has 1 atom stereocenters. The molecule has 0 spiro atoms. The van der Waals surface area contributed by atoms with E-state index in [4.69, 9.17) is 17.3 Å². The Morgan fingerprint density at radius 2 is 2.28 bits per heavy atom. The van der Waals surface area contributed by atoms with Crippen LogP contribution in [-0.4, -0.2) is 16.1 Å². The molecule has 94 valence electrons. The van der Waals surface area contributed by atoms with Gasteiger partial charge in [0.15, 0.2) is 0 Å². The van der Waals surface area contributed by atoms with Gasteiger partial charge in [0.25, 0.3) is 0 Å². The molecule has 5 nitrogen and oxygen atoms in total. The third-order valence-electron chi connectivity index (χ3n) is 2.61. The second-order valence-electron chi connectivity index (χ2n) is 3.94. The lowest BCUT2D eigenvalue weighted by atomic mass is 10.1. The van der Waals surface area contributed by atoms with Crippen molar-refractivity contribution in [1.29, 1.82) is 0 Å². The van der Waals surface area contributed by atoms with Gasteiger partial charge in [0.05, 0.1) is 22.4 Å². The number of rotatable bonds is 4. The van der Waals surface area contributed by atoms with Gasteiger partial charge in [-0.05, 0) is 31.2 Å². The first-order valence-electron chi connectivity index (χ1n) is 5.43. The number of carbonyl (C=O) groups excluding carboxylic acids is 1. The van der Waals surface area contributed by atoms with Crippen molar-refractivity contribution in [3.63, 3.8) is 0 Å². The van der Waals surface area contributed by atoms with E-state index in [1.807, 2.05) is 13.0 Å². The van der Waals surface area contributed by atoms with Gasteiger partial charge in [0, 0.05) is 11.8 Å². The molecule has 1 aromatic heterocycles. The zero-order chi connectivity index (χ0) is 13.1. The fourth-order valence-corrected chi connectivity index (χ4v) is 1.78. The standard InChI is InChI=1S/C12H13ClN4O/c1-7(10-4-5-15-17-10)16-11-6-8(12(14)18)2-3-9(11)13/h2-7,16H,1H3,(H2,14,18)(H,15,17). The van der Waals surface area contributed by atoms with Crippen molar-refractivity contribution in [2.24, 2.45) is 5.73 Å². The van der Waals surface area contributed by atoms with Crippen LogP contribution in [0.25, 0.3) is 0 Å². The number of benzene rings is 1. The Kier molecular flexibility index (Phi) is 3.53. The number of nitrogens with one attached hydrogen (secondary N) is 2. The van der Waals surface area contributed by atoms with E-state index in [0.29, 0.717) is 16.3 Å². The van der Waals surface area contributed by atoms with Crippen LogP contribution in [0.3, 0.4) is 0 Å². The Hall–Kier alpha value is -2.01. The van der Waals surface area contributed by atoms with Gasteiger partial charge in [-0.3, -0.25) is 9.89 Å². The Balaban J connectivity index is 2.23. The number of anilines is 1. The first kappa shape index (κ1) is 12.4. The molecule has 2 aromatic rings. The van der Waals surface area contributed by atoms with E-state index < -0.39 is 5.91 Å². The summed E-state index contributed by atoms with van der Waals surface area (Å²) < 4.78 is 0. The Morgan fingerprint density at radius 1 is 1.50 bits per heavy atom. The summed E-state index contributed by atoms with van der Waals surface area (Å²) >= 11 is 6.07. The van der Waals surface area contributed by atoms with Crippen molar-refractivity contribution in [2.75, 3.05) is 5.32 Å². The quantitative estimate of drug-likeness (QED) is 0.792. The third kappa shape index (κ3) is 2.62. The Bertz CT molecular complexity index is 553. The summed E-state index contributed by atoms with van der Waals surface area (Å²) in [6.45, 7) is 1.96. The predicted molar refractivity (Wildman–Crippen MR) is 70.6 cm³/mol. The maximum Gasteiger partial charge on any atom is 0.248 e. The number of hydrogen-bond acceptors (Lipinski definition) is 3. The molecule has 0 aliphatic carbocycles. The molecule has 1 aromatic carbocycles. The lowest BCUT2D eigenvalue weighted by molar-refractivity contribution is 0.100. The number of nitrogens with two attached hydrogens (primary N) is 1. The monoisotopic (exact) mass is 264 g/mol. The molecule has 0 saturated heterocycles. The normalized spacial score (nSPS) is 12.1. The van der Waals surface area contributed by atoms with E-state index in [1.165, 1.54) is 0 Å². The zero-order valence-corrected chi connectivity index (χ0v) is 10.5. The average Bonchev–Trinajstić information content (AvgIpc) is 2.85. The molecule has 4 N–H and O–H groups in total. The SMILES string of the molecule is CC(Nc1cc(C(N)=O)ccc1Cl)c1ccn[nH]1. The maximum absolute atomic E-state index is 11.1. The number of aromatic nitrogens is 2. The topological polar surface area (TPSA) is 83.8 Å². The molecule has 1 unspecified atom stereocenters. The molecule has 0 bridgehead atoms. The molecule has 0 fully saturated rings. The number of nitrogens with zero attached hydrogens (tertiary/aromatic N) is 1. The van der Waals surface area contributed by atoms with Crippen molar-refractivity contribution in [3.8, 4) is 0 Å². The minimum Gasteiger partial charge on any atom is -0.376 e. The molecule has 18 heavy (non-hydrogen) atoms. The van der Waals surface area contributed by atoms with Crippen LogP contribution in [0.15, 0.2) is 30.5 Å². The molecular weight excluding hydrogens is 252 g/mol. The summed E-state index contributed by atoms with van der Waals surface area (Å²) in [6, 6.07) is 6.73. The Labute approximate surface area is 109 Å². The van der Waals surface area contributed by atoms with Crippen molar-refractivity contribution in [1.82, 2.24) is 10.2 Å². The molecule has 0 saturated carbocycles. The number of carbonyl (C=O) groups is 1. The highest BCUT2D eigenvalue weighted by molar-refractivity contribution is 6.33. The van der Waals surface area contributed by atoms with Crippen LogP contribution >= 0.6 is 11.6 Å². The van der Waals surface area contributed by atoms with E-state index in [1.54, 1.807) is 24.4 Å². The highest BCUT2D eigenvalue weighted by Crippen LogP contribution is 2.26. The highest BCUT2D eigenvalue weighted by Gasteiger charge is 2.10. The summed E-state index contributed by atoms with van der Waals surface area (Å²) in [5.74, 6) is -0.482. The lowest BCUT2D eigenvalue weighted by Gasteiger charge is -2.15. The fraction of sp³-hybridized carbons (Fsp3) is 0.167. The Morgan fingerprint density at radius 3 is 2.89 bits per heavy atom. The predicted octanol–water partition coefficient (Wildman–Crippen LogP) is 2.34. The first-order valence-corrected chi connectivity index (χ1v) is 5.81. The molecule has 2 rings (SSSR count). The largest absolute Gasteiger partial charge is 0.376 e. The number of aromatic amines is 1. The van der Waals surface area contributed by atoms with Crippen LogP contribution < -0.4 is 11.1 Å². The summed E-state index contributed by atoms with van der Waals surface area (Å²) in [7, 11) is 0. The van der Waals surface area contributed by atoms with Gasteiger partial charge in [-0.15, -0.1) is 0 Å². The van der Waals surface area contributed by atoms with E-state index in [-0.39, 0.29) is 6.04 Å². The van der Waals surface area contributed by atoms with Crippen LogP contribution in [0.1, 0.15) is 29.0 Å². The minimum absolute atomic E-state index is 0.00636. The first-order chi connectivity index (χ1) is 8.58. The van der Waals surface area contributed by atoms with Crippen LogP contribution in [-0.2, 0) is 0 Å². The zero-order valence-electron chi connectivity index (χ0n) is 9.77. The van der Waals surface area contributed by atoms with E-state index in [9.17, 15) is 4.79 Å². The van der Waals surface area contributed by atoms with E-state index >= 15 is 0 Å². The van der Waals surface area contributed by atoms with Gasteiger partial charge >= 0.3 is 0 Å². The van der Waals surface area contributed by atoms with Gasteiger partial charge < -0.3 is 11.1 Å². The molecule has 1 amide bonds. The smallest absolute Gasteiger partial charge is 0.248 e. The number of primary amides is 1. The lowest BCUT2D eigenvalue weighted by Crippen LogP contribution is -2.12. The second kappa shape index (κ2) is 5.10. The van der Waals surface area contributed by atoms with Crippen LogP contribution in [0, 0.1) is 0 Å². The molecule has 0 aliphatic rings. The van der Waals surface area contributed by atoms with Gasteiger partial charge in [-0.1, -0.05) is 11.6 Å². The van der Waals surface area contributed by atoms with Crippen LogP contribution in [0.5, 0.6) is 0 Å². The maximum atomic E-state index is 11.1. The van der Waals surface area contributed by atoms with Gasteiger partial charge in [-0.2, -0.15) is 5.10 Å². The van der Waals surface area contributed by atoms with E-state index in [0.717, 1.165) is 5.69 Å². The van der Waals surface area contributed by atoms with Crippen LogP contribution in [0.2, 0.25) is 5.02 Å². The van der Waals surface area contributed by atoms with Crippen molar-refractivity contribution in [2.45, 2.75) is 13.0 Å². The summed E-state index contributed by atoms with van der Waals surface area (Å²) in [5.41, 5.74) is 7.24. The number of H-pyrrole nitrogens is 1. The van der Waals surface area contributed by atoms with Gasteiger partial charge in [0.2, 0.25) is 5.91 Å².